The molecule has 0 saturated carbocycles. The lowest BCUT2D eigenvalue weighted by molar-refractivity contribution is -0.138. The number of nitrogens with zero attached hydrogens (tertiary/aromatic N) is 1. The van der Waals surface area contributed by atoms with Gasteiger partial charge < -0.3 is 15.4 Å². The van der Waals surface area contributed by atoms with Crippen LogP contribution in [0.5, 0.6) is 0 Å². The van der Waals surface area contributed by atoms with Crippen molar-refractivity contribution in [2.45, 2.75) is 13.8 Å². The average Bonchev–Trinajstić information content (AvgIpc) is 2.42. The normalized spacial score (nSPS) is 9.29. The first-order valence-electron chi connectivity index (χ1n) is 6.31. The van der Waals surface area contributed by atoms with Crippen LogP contribution in [0.2, 0.25) is 0 Å². The van der Waals surface area contributed by atoms with Gasteiger partial charge in [0.1, 0.15) is 6.61 Å². The van der Waals surface area contributed by atoms with Crippen LogP contribution < -0.4 is 16.0 Å². The molecule has 0 fully saturated rings. The van der Waals surface area contributed by atoms with Crippen LogP contribution >= 0.6 is 0 Å². The zero-order valence-electron chi connectivity index (χ0n) is 12.5. The van der Waals surface area contributed by atoms with Crippen molar-refractivity contribution in [1.82, 2.24) is 20.9 Å². The molecule has 0 unspecified atom stereocenters. The van der Waals surface area contributed by atoms with E-state index in [0.717, 1.165) is 4.90 Å². The van der Waals surface area contributed by atoms with Gasteiger partial charge in [-0.15, -0.1) is 0 Å². The van der Waals surface area contributed by atoms with Gasteiger partial charge in [-0.1, -0.05) is 6.58 Å². The SMILES string of the molecule is C=C(C)C(=O)OCCNC(=O)N(C)C(=N)NC(=N)NCC. The summed E-state index contributed by atoms with van der Waals surface area (Å²) in [7, 11) is 1.38. The minimum absolute atomic E-state index is 0.0131. The van der Waals surface area contributed by atoms with E-state index in [-0.39, 0.29) is 30.6 Å². The summed E-state index contributed by atoms with van der Waals surface area (Å²) in [6.07, 6.45) is 0. The molecule has 0 radical (unpaired) electrons. The summed E-state index contributed by atoms with van der Waals surface area (Å²) in [5.41, 5.74) is 0.284. The Hall–Kier alpha value is -2.58. The fraction of sp³-hybridized carbons (Fsp3) is 0.500. The van der Waals surface area contributed by atoms with E-state index >= 15 is 0 Å². The molecule has 0 aliphatic carbocycles. The molecule has 0 aromatic heterocycles. The molecule has 9 heteroatoms. The summed E-state index contributed by atoms with van der Waals surface area (Å²) >= 11 is 0. The highest BCUT2D eigenvalue weighted by Gasteiger charge is 2.14. The number of carbonyl (C=O) groups excluding carboxylic acids is 2. The predicted octanol–water partition coefficient (Wildman–Crippen LogP) is -0.184. The highest BCUT2D eigenvalue weighted by molar-refractivity contribution is 6.02. The van der Waals surface area contributed by atoms with E-state index in [9.17, 15) is 9.59 Å². The number of hydrogen-bond acceptors (Lipinski definition) is 5. The van der Waals surface area contributed by atoms with E-state index in [1.807, 2.05) is 6.92 Å². The van der Waals surface area contributed by atoms with Crippen LogP contribution in [-0.4, -0.2) is 55.6 Å². The maximum Gasteiger partial charge on any atom is 0.333 e. The molecule has 0 aromatic carbocycles. The summed E-state index contributed by atoms with van der Waals surface area (Å²) in [6.45, 7) is 7.42. The first-order chi connectivity index (χ1) is 9.79. The molecule has 118 valence electrons. The van der Waals surface area contributed by atoms with Crippen molar-refractivity contribution in [3.05, 3.63) is 12.2 Å². The van der Waals surface area contributed by atoms with Crippen LogP contribution in [0, 0.1) is 10.8 Å². The van der Waals surface area contributed by atoms with Crippen molar-refractivity contribution in [2.75, 3.05) is 26.7 Å². The second-order valence-electron chi connectivity index (χ2n) is 4.09. The topological polar surface area (TPSA) is 130 Å². The van der Waals surface area contributed by atoms with Gasteiger partial charge in [0.05, 0.1) is 6.54 Å². The molecule has 5 N–H and O–H groups in total. The van der Waals surface area contributed by atoms with Crippen molar-refractivity contribution < 1.29 is 14.3 Å². The molecule has 0 heterocycles. The highest BCUT2D eigenvalue weighted by Crippen LogP contribution is 1.91. The third-order valence-electron chi connectivity index (χ3n) is 2.20. The number of carbonyl (C=O) groups is 2. The lowest BCUT2D eigenvalue weighted by atomic mass is 10.4. The van der Waals surface area contributed by atoms with Gasteiger partial charge in [-0.25, -0.2) is 9.59 Å². The van der Waals surface area contributed by atoms with Crippen molar-refractivity contribution in [3.8, 4) is 0 Å². The van der Waals surface area contributed by atoms with Gasteiger partial charge >= 0.3 is 12.0 Å². The standard InChI is InChI=1S/C12H22N6O3/c1-5-15-10(13)17-11(14)18(4)12(20)16-6-7-21-9(19)8(2)3/h2,5-7H2,1,3-4H3,(H,16,20)(H4,13,14,15,17). The van der Waals surface area contributed by atoms with Gasteiger partial charge in [0.15, 0.2) is 5.96 Å². The van der Waals surface area contributed by atoms with Gasteiger partial charge in [0.25, 0.3) is 0 Å². The van der Waals surface area contributed by atoms with Crippen LogP contribution in [0.1, 0.15) is 13.8 Å². The largest absolute Gasteiger partial charge is 0.460 e. The third-order valence-corrected chi connectivity index (χ3v) is 2.20. The lowest BCUT2D eigenvalue weighted by Gasteiger charge is -2.20. The van der Waals surface area contributed by atoms with Crippen LogP contribution in [0.15, 0.2) is 12.2 Å². The Kier molecular flexibility index (Phi) is 8.20. The second kappa shape index (κ2) is 9.34. The quantitative estimate of drug-likeness (QED) is 0.158. The van der Waals surface area contributed by atoms with Crippen molar-refractivity contribution in [3.63, 3.8) is 0 Å². The molecular formula is C12H22N6O3. The van der Waals surface area contributed by atoms with Crippen LogP contribution in [-0.2, 0) is 9.53 Å². The lowest BCUT2D eigenvalue weighted by Crippen LogP contribution is -2.51. The molecule has 0 aliphatic heterocycles. The Balaban J connectivity index is 4.04. The van der Waals surface area contributed by atoms with E-state index in [1.54, 1.807) is 0 Å². The molecule has 0 rings (SSSR count). The van der Waals surface area contributed by atoms with E-state index in [4.69, 9.17) is 15.6 Å². The summed E-state index contributed by atoms with van der Waals surface area (Å²) in [5.74, 6) is -0.846. The number of rotatable bonds is 5. The predicted molar refractivity (Wildman–Crippen MR) is 79.2 cm³/mol. The van der Waals surface area contributed by atoms with Gasteiger partial charge in [0.2, 0.25) is 5.96 Å². The zero-order chi connectivity index (χ0) is 16.4. The molecule has 21 heavy (non-hydrogen) atoms. The van der Waals surface area contributed by atoms with Crippen molar-refractivity contribution in [1.29, 1.82) is 10.8 Å². The van der Waals surface area contributed by atoms with Gasteiger partial charge in [-0.05, 0) is 13.8 Å². The molecule has 0 bridgehead atoms. The van der Waals surface area contributed by atoms with Crippen LogP contribution in [0.25, 0.3) is 0 Å². The summed E-state index contributed by atoms with van der Waals surface area (Å²) in [5, 5.41) is 22.6. The zero-order valence-corrected chi connectivity index (χ0v) is 12.5. The maximum absolute atomic E-state index is 11.7. The summed E-state index contributed by atoms with van der Waals surface area (Å²) in [4.78, 5) is 23.8. The second-order valence-corrected chi connectivity index (χ2v) is 4.09. The Bertz CT molecular complexity index is 435. The smallest absolute Gasteiger partial charge is 0.333 e. The number of guanidine groups is 2. The van der Waals surface area contributed by atoms with E-state index in [1.165, 1.54) is 14.0 Å². The molecule has 0 atom stereocenters. The van der Waals surface area contributed by atoms with E-state index in [0.29, 0.717) is 6.54 Å². The summed E-state index contributed by atoms with van der Waals surface area (Å²) in [6, 6.07) is -0.553. The molecule has 0 spiro atoms. The van der Waals surface area contributed by atoms with E-state index in [2.05, 4.69) is 22.5 Å². The maximum atomic E-state index is 11.7. The molecule has 9 nitrogen and oxygen atoms in total. The number of ether oxygens (including phenoxy) is 1. The Morgan fingerprint density at radius 2 is 1.90 bits per heavy atom. The van der Waals surface area contributed by atoms with E-state index < -0.39 is 12.0 Å². The van der Waals surface area contributed by atoms with Gasteiger partial charge in [0, 0.05) is 19.2 Å². The highest BCUT2D eigenvalue weighted by atomic mass is 16.5. The third kappa shape index (κ3) is 7.55. The molecule has 2 amide bonds. The molecule has 0 saturated heterocycles. The first-order valence-corrected chi connectivity index (χ1v) is 6.31. The minimum Gasteiger partial charge on any atom is -0.460 e. The molecule has 0 aromatic rings. The van der Waals surface area contributed by atoms with Crippen LogP contribution in [0.3, 0.4) is 0 Å². The molecular weight excluding hydrogens is 276 g/mol. The van der Waals surface area contributed by atoms with Crippen molar-refractivity contribution in [2.24, 2.45) is 0 Å². The minimum atomic E-state index is -0.553. The van der Waals surface area contributed by atoms with Gasteiger partial charge in [-0.2, -0.15) is 0 Å². The fourth-order valence-electron chi connectivity index (χ4n) is 1.07. The Morgan fingerprint density at radius 1 is 1.29 bits per heavy atom. The van der Waals surface area contributed by atoms with Gasteiger partial charge in [-0.3, -0.25) is 21.0 Å². The Labute approximate surface area is 123 Å². The number of esters is 1. The van der Waals surface area contributed by atoms with Crippen LogP contribution in [0.4, 0.5) is 4.79 Å². The number of amides is 2. The average molecular weight is 298 g/mol. The van der Waals surface area contributed by atoms with Crippen molar-refractivity contribution >= 4 is 23.9 Å². The first kappa shape index (κ1) is 18.4. The number of hydrogen-bond donors (Lipinski definition) is 5. The fourth-order valence-corrected chi connectivity index (χ4v) is 1.07. The Morgan fingerprint density at radius 3 is 2.43 bits per heavy atom. The monoisotopic (exact) mass is 298 g/mol. The number of urea groups is 1. The number of nitrogens with one attached hydrogen (secondary N) is 5. The summed E-state index contributed by atoms with van der Waals surface area (Å²) < 4.78 is 4.81. The molecule has 0 aliphatic rings.